The van der Waals surface area contributed by atoms with E-state index in [4.69, 9.17) is 21.8 Å². The molecule has 1 aromatic carbocycles. The lowest BCUT2D eigenvalue weighted by Crippen LogP contribution is -2.22. The Balaban J connectivity index is 2.28. The van der Waals surface area contributed by atoms with Gasteiger partial charge in [0.15, 0.2) is 0 Å². The summed E-state index contributed by atoms with van der Waals surface area (Å²) in [6, 6.07) is 7.63. The molecule has 0 amide bonds. The Morgan fingerprint density at radius 3 is 2.72 bits per heavy atom. The third kappa shape index (κ3) is 5.63. The van der Waals surface area contributed by atoms with E-state index in [2.05, 4.69) is 17.4 Å². The van der Waals surface area contributed by atoms with Crippen LogP contribution in [0.25, 0.3) is 0 Å². The van der Waals surface area contributed by atoms with E-state index in [9.17, 15) is 0 Å². The number of nitrogens with zero attached hydrogens (tertiary/aromatic N) is 1. The van der Waals surface area contributed by atoms with Crippen molar-refractivity contribution in [3.63, 3.8) is 0 Å². The van der Waals surface area contributed by atoms with Crippen molar-refractivity contribution >= 4 is 23.4 Å². The predicted octanol–water partition coefficient (Wildman–Crippen LogP) is 2.52. The summed E-state index contributed by atoms with van der Waals surface area (Å²) in [5.41, 5.74) is 1.03. The molecule has 18 heavy (non-hydrogen) atoms. The maximum atomic E-state index is 5.14. The van der Waals surface area contributed by atoms with Gasteiger partial charge in [-0.2, -0.15) is 0 Å². The first-order chi connectivity index (χ1) is 8.76. The standard InChI is InChI=1S/C13H18N2O2S/c1-3-8-14-13(18)9-15-17-10-11-4-6-12(16-2)7-5-11/h4-7,9H,3,8,10H2,1-2H3,(H,14,18)/b15-9+. The van der Waals surface area contributed by atoms with Gasteiger partial charge >= 0.3 is 0 Å². The fourth-order valence-electron chi connectivity index (χ4n) is 1.21. The number of hydrogen-bond acceptors (Lipinski definition) is 4. The summed E-state index contributed by atoms with van der Waals surface area (Å²) < 4.78 is 5.07. The van der Waals surface area contributed by atoms with Gasteiger partial charge < -0.3 is 14.9 Å². The Morgan fingerprint density at radius 1 is 1.39 bits per heavy atom. The van der Waals surface area contributed by atoms with Gasteiger partial charge in [0.2, 0.25) is 0 Å². The zero-order chi connectivity index (χ0) is 13.2. The smallest absolute Gasteiger partial charge is 0.142 e. The Hall–Kier alpha value is -1.62. The summed E-state index contributed by atoms with van der Waals surface area (Å²) in [6.45, 7) is 3.34. The number of ether oxygens (including phenoxy) is 1. The van der Waals surface area contributed by atoms with Crippen molar-refractivity contribution < 1.29 is 9.57 Å². The van der Waals surface area contributed by atoms with Crippen LogP contribution in [0.1, 0.15) is 18.9 Å². The van der Waals surface area contributed by atoms with E-state index in [0.29, 0.717) is 11.6 Å². The van der Waals surface area contributed by atoms with Gasteiger partial charge in [-0.15, -0.1) is 0 Å². The molecule has 0 saturated carbocycles. The normalized spacial score (nSPS) is 10.3. The molecule has 1 N–H and O–H groups in total. The minimum Gasteiger partial charge on any atom is -0.497 e. The van der Waals surface area contributed by atoms with Crippen LogP contribution < -0.4 is 10.1 Å². The maximum Gasteiger partial charge on any atom is 0.142 e. The highest BCUT2D eigenvalue weighted by atomic mass is 32.1. The topological polar surface area (TPSA) is 42.9 Å². The molecular formula is C13H18N2O2S. The molecule has 0 spiro atoms. The zero-order valence-electron chi connectivity index (χ0n) is 10.7. The summed E-state index contributed by atoms with van der Waals surface area (Å²) in [4.78, 5) is 5.73. The Morgan fingerprint density at radius 2 is 2.11 bits per heavy atom. The molecule has 0 aliphatic carbocycles. The van der Waals surface area contributed by atoms with Gasteiger partial charge in [0.1, 0.15) is 23.6 Å². The largest absolute Gasteiger partial charge is 0.497 e. The second-order valence-electron chi connectivity index (χ2n) is 3.65. The van der Waals surface area contributed by atoms with Crippen LogP contribution >= 0.6 is 12.2 Å². The van der Waals surface area contributed by atoms with Gasteiger partial charge in [-0.3, -0.25) is 0 Å². The van der Waals surface area contributed by atoms with E-state index >= 15 is 0 Å². The molecule has 0 atom stereocenters. The Bertz CT molecular complexity index is 390. The van der Waals surface area contributed by atoms with Crippen LogP contribution in [-0.4, -0.2) is 24.9 Å². The van der Waals surface area contributed by atoms with Gasteiger partial charge in [0.05, 0.1) is 7.11 Å². The molecule has 0 unspecified atom stereocenters. The monoisotopic (exact) mass is 266 g/mol. The van der Waals surface area contributed by atoms with Crippen LogP contribution in [0.15, 0.2) is 29.4 Å². The first kappa shape index (κ1) is 14.4. The number of methoxy groups -OCH3 is 1. The molecule has 5 heteroatoms. The van der Waals surface area contributed by atoms with E-state index < -0.39 is 0 Å². The van der Waals surface area contributed by atoms with Crippen molar-refractivity contribution in [1.29, 1.82) is 0 Å². The van der Waals surface area contributed by atoms with Crippen LogP contribution in [0.4, 0.5) is 0 Å². The third-order valence-electron chi connectivity index (χ3n) is 2.18. The van der Waals surface area contributed by atoms with Gasteiger partial charge in [0, 0.05) is 6.54 Å². The Labute approximate surface area is 113 Å². The van der Waals surface area contributed by atoms with Crippen molar-refractivity contribution in [3.8, 4) is 5.75 Å². The number of thiocarbonyl (C=S) groups is 1. The van der Waals surface area contributed by atoms with Crippen molar-refractivity contribution in [2.45, 2.75) is 20.0 Å². The summed E-state index contributed by atoms with van der Waals surface area (Å²) in [5.74, 6) is 0.826. The van der Waals surface area contributed by atoms with Crippen molar-refractivity contribution in [1.82, 2.24) is 5.32 Å². The Kier molecular flexibility index (Phi) is 6.79. The fraction of sp³-hybridized carbons (Fsp3) is 0.385. The van der Waals surface area contributed by atoms with E-state index in [-0.39, 0.29) is 0 Å². The molecule has 0 aliphatic heterocycles. The SMILES string of the molecule is CCCNC(=S)/C=N/OCc1ccc(OC)cc1. The highest BCUT2D eigenvalue weighted by molar-refractivity contribution is 7.81. The van der Waals surface area contributed by atoms with E-state index in [1.54, 1.807) is 7.11 Å². The summed E-state index contributed by atoms with van der Waals surface area (Å²) in [7, 11) is 1.64. The van der Waals surface area contributed by atoms with Crippen LogP contribution in [0.2, 0.25) is 0 Å². The molecule has 1 aromatic rings. The second kappa shape index (κ2) is 8.47. The van der Waals surface area contributed by atoms with Crippen LogP contribution in [0, 0.1) is 0 Å². The second-order valence-corrected chi connectivity index (χ2v) is 4.09. The molecule has 1 rings (SSSR count). The molecule has 0 saturated heterocycles. The number of nitrogens with one attached hydrogen (secondary N) is 1. The van der Waals surface area contributed by atoms with Crippen molar-refractivity contribution in [2.75, 3.05) is 13.7 Å². The summed E-state index contributed by atoms with van der Waals surface area (Å²) in [6.07, 6.45) is 2.54. The predicted molar refractivity (Wildman–Crippen MR) is 77.2 cm³/mol. The van der Waals surface area contributed by atoms with Gasteiger partial charge in [-0.1, -0.05) is 36.4 Å². The van der Waals surface area contributed by atoms with Crippen molar-refractivity contribution in [2.24, 2.45) is 5.16 Å². The number of hydrogen-bond donors (Lipinski definition) is 1. The molecule has 0 radical (unpaired) electrons. The van der Waals surface area contributed by atoms with E-state index in [1.165, 1.54) is 6.21 Å². The zero-order valence-corrected chi connectivity index (χ0v) is 11.5. The third-order valence-corrected chi connectivity index (χ3v) is 2.43. The highest BCUT2D eigenvalue weighted by Crippen LogP contribution is 2.11. The average molecular weight is 266 g/mol. The maximum absolute atomic E-state index is 5.14. The first-order valence-electron chi connectivity index (χ1n) is 5.82. The molecule has 98 valence electrons. The number of benzene rings is 1. The quantitative estimate of drug-likeness (QED) is 0.468. The van der Waals surface area contributed by atoms with Gasteiger partial charge in [0.25, 0.3) is 0 Å². The molecule has 4 nitrogen and oxygen atoms in total. The summed E-state index contributed by atoms with van der Waals surface area (Å²) in [5, 5.41) is 6.83. The molecule has 0 aromatic heterocycles. The average Bonchev–Trinajstić information content (AvgIpc) is 2.42. The molecule has 0 aliphatic rings. The minimum atomic E-state index is 0.414. The van der Waals surface area contributed by atoms with Gasteiger partial charge in [-0.25, -0.2) is 0 Å². The van der Waals surface area contributed by atoms with Gasteiger partial charge in [-0.05, 0) is 24.1 Å². The molecule has 0 fully saturated rings. The molecule has 0 heterocycles. The van der Waals surface area contributed by atoms with Crippen LogP contribution in [-0.2, 0) is 11.4 Å². The number of rotatable bonds is 7. The lowest BCUT2D eigenvalue weighted by molar-refractivity contribution is 0.132. The summed E-state index contributed by atoms with van der Waals surface area (Å²) >= 11 is 5.03. The molecular weight excluding hydrogens is 248 g/mol. The van der Waals surface area contributed by atoms with E-state index in [0.717, 1.165) is 24.3 Å². The number of oxime groups is 1. The molecule has 0 bridgehead atoms. The highest BCUT2D eigenvalue weighted by Gasteiger charge is 1.94. The lowest BCUT2D eigenvalue weighted by Gasteiger charge is -2.03. The fourth-order valence-corrected chi connectivity index (χ4v) is 1.36. The van der Waals surface area contributed by atoms with Crippen molar-refractivity contribution in [3.05, 3.63) is 29.8 Å². The lowest BCUT2D eigenvalue weighted by atomic mass is 10.2. The minimum absolute atomic E-state index is 0.414. The van der Waals surface area contributed by atoms with E-state index in [1.807, 2.05) is 24.3 Å². The van der Waals surface area contributed by atoms with Crippen LogP contribution in [0.3, 0.4) is 0 Å². The first-order valence-corrected chi connectivity index (χ1v) is 6.23. The van der Waals surface area contributed by atoms with Crippen LogP contribution in [0.5, 0.6) is 5.75 Å².